The lowest BCUT2D eigenvalue weighted by Gasteiger charge is -2.58. The molecule has 2 aliphatic heterocycles. The van der Waals surface area contributed by atoms with Crippen LogP contribution in [0.1, 0.15) is 43.2 Å². The largest absolute Gasteiger partial charge is 0.493 e. The number of rotatable bonds is 3. The first-order valence-electron chi connectivity index (χ1n) is 10.4. The Morgan fingerprint density at radius 2 is 2.22 bits per heavy atom. The van der Waals surface area contributed by atoms with Crippen LogP contribution in [0.5, 0.6) is 11.5 Å². The molecule has 6 aliphatic rings. The van der Waals surface area contributed by atoms with Crippen LogP contribution in [0.3, 0.4) is 0 Å². The van der Waals surface area contributed by atoms with Gasteiger partial charge in [0.25, 0.3) is 0 Å². The van der Waals surface area contributed by atoms with E-state index in [1.165, 1.54) is 18.4 Å². The molecule has 1 aromatic carbocycles. The lowest BCUT2D eigenvalue weighted by Crippen LogP contribution is -2.72. The molecule has 142 valence electrons. The Hall–Kier alpha value is -1.59. The molecule has 7 rings (SSSR count). The van der Waals surface area contributed by atoms with Crippen LogP contribution in [0.2, 0.25) is 0 Å². The average Bonchev–Trinajstić information content (AvgIpc) is 3.35. The molecule has 0 amide bonds. The van der Waals surface area contributed by atoms with Crippen LogP contribution >= 0.6 is 0 Å². The van der Waals surface area contributed by atoms with E-state index in [0.717, 1.165) is 43.2 Å². The molecule has 5 nitrogen and oxygen atoms in total. The fourth-order valence-corrected chi connectivity index (χ4v) is 7.80. The Balaban J connectivity index is 1.47. The van der Waals surface area contributed by atoms with Crippen molar-refractivity contribution in [2.45, 2.75) is 61.7 Å². The molecule has 3 saturated carbocycles. The van der Waals surface area contributed by atoms with Gasteiger partial charge in [0.15, 0.2) is 23.4 Å². The number of likely N-dealkylation sites (tertiary alicyclic amines) is 1. The maximum Gasteiger partial charge on any atom is 0.174 e. The molecule has 4 fully saturated rings. The summed E-state index contributed by atoms with van der Waals surface area (Å²) in [5, 5.41) is 12.3. The Labute approximate surface area is 158 Å². The minimum Gasteiger partial charge on any atom is -0.493 e. The SMILES string of the molecule is COc1ccc2c3c1OC1C(=O)CCC4(O)C5N(CC6CC6)CC5(C2)CC314. The van der Waals surface area contributed by atoms with Gasteiger partial charge in [-0.1, -0.05) is 6.07 Å². The van der Waals surface area contributed by atoms with E-state index < -0.39 is 17.1 Å². The molecule has 1 aromatic rings. The van der Waals surface area contributed by atoms with Crippen LogP contribution < -0.4 is 9.47 Å². The maximum atomic E-state index is 13.0. The van der Waals surface area contributed by atoms with Crippen molar-refractivity contribution in [3.63, 3.8) is 0 Å². The van der Waals surface area contributed by atoms with Gasteiger partial charge >= 0.3 is 0 Å². The normalized spacial score (nSPS) is 45.8. The number of methoxy groups -OCH3 is 1. The van der Waals surface area contributed by atoms with Gasteiger partial charge in [-0.15, -0.1) is 0 Å². The summed E-state index contributed by atoms with van der Waals surface area (Å²) in [5.74, 6) is 2.37. The average molecular weight is 367 g/mol. The van der Waals surface area contributed by atoms with Crippen molar-refractivity contribution in [2.24, 2.45) is 11.3 Å². The first-order chi connectivity index (χ1) is 13.0. The Morgan fingerprint density at radius 3 is 3.00 bits per heavy atom. The number of benzene rings is 1. The van der Waals surface area contributed by atoms with Gasteiger partial charge in [0, 0.05) is 36.5 Å². The number of carbonyl (C=O) groups is 1. The second-order valence-electron chi connectivity index (χ2n) is 9.98. The second-order valence-corrected chi connectivity index (χ2v) is 9.98. The number of Topliss-reactive ketones (excluding diaryl/α,β-unsaturated/α-hetero) is 1. The summed E-state index contributed by atoms with van der Waals surface area (Å²) in [7, 11) is 1.65. The molecular weight excluding hydrogens is 342 g/mol. The molecule has 0 radical (unpaired) electrons. The van der Waals surface area contributed by atoms with Gasteiger partial charge in [-0.2, -0.15) is 0 Å². The molecule has 0 aromatic heterocycles. The van der Waals surface area contributed by atoms with Gasteiger partial charge in [-0.3, -0.25) is 9.69 Å². The minimum atomic E-state index is -0.873. The van der Waals surface area contributed by atoms with Gasteiger partial charge in [0.05, 0.1) is 18.1 Å². The molecule has 2 heterocycles. The third-order valence-electron chi connectivity index (χ3n) is 8.65. The van der Waals surface area contributed by atoms with E-state index in [2.05, 4.69) is 11.0 Å². The smallest absolute Gasteiger partial charge is 0.174 e. The van der Waals surface area contributed by atoms with Crippen LogP contribution in [-0.2, 0) is 16.6 Å². The molecule has 27 heavy (non-hydrogen) atoms. The molecule has 5 unspecified atom stereocenters. The first-order valence-corrected chi connectivity index (χ1v) is 10.4. The number of aliphatic hydroxyl groups is 1. The van der Waals surface area contributed by atoms with Gasteiger partial charge in [-0.25, -0.2) is 0 Å². The highest BCUT2D eigenvalue weighted by Crippen LogP contribution is 2.75. The molecule has 2 bridgehead atoms. The maximum absolute atomic E-state index is 13.0. The van der Waals surface area contributed by atoms with Crippen molar-refractivity contribution < 1.29 is 19.4 Å². The Kier molecular flexibility index (Phi) is 2.48. The van der Waals surface area contributed by atoms with Crippen LogP contribution in [-0.4, -0.2) is 53.7 Å². The van der Waals surface area contributed by atoms with Crippen LogP contribution in [0.15, 0.2) is 12.1 Å². The monoisotopic (exact) mass is 367 g/mol. The van der Waals surface area contributed by atoms with Gasteiger partial charge < -0.3 is 14.6 Å². The van der Waals surface area contributed by atoms with E-state index in [4.69, 9.17) is 9.47 Å². The third kappa shape index (κ3) is 1.47. The zero-order chi connectivity index (χ0) is 18.2. The van der Waals surface area contributed by atoms with Crippen molar-refractivity contribution in [1.82, 2.24) is 4.90 Å². The number of hydrogen-bond acceptors (Lipinski definition) is 5. The van der Waals surface area contributed by atoms with E-state index in [1.54, 1.807) is 7.11 Å². The van der Waals surface area contributed by atoms with E-state index in [1.807, 2.05) is 6.07 Å². The van der Waals surface area contributed by atoms with Crippen molar-refractivity contribution in [3.05, 3.63) is 23.3 Å². The quantitative estimate of drug-likeness (QED) is 0.883. The number of hydrogen-bond donors (Lipinski definition) is 1. The predicted molar refractivity (Wildman–Crippen MR) is 97.1 cm³/mol. The molecule has 1 N–H and O–H groups in total. The van der Waals surface area contributed by atoms with Crippen LogP contribution in [0, 0.1) is 11.3 Å². The number of fused-ring (bicyclic) bond motifs is 1. The summed E-state index contributed by atoms with van der Waals surface area (Å²) in [6.45, 7) is 2.16. The highest BCUT2D eigenvalue weighted by Gasteiger charge is 2.83. The fraction of sp³-hybridized carbons (Fsp3) is 0.682. The number of ether oxygens (including phenoxy) is 2. The zero-order valence-electron chi connectivity index (χ0n) is 15.7. The standard InChI is InChI=1S/C22H25NO4/c1-26-15-5-4-13-8-20-10-21-16(13)17(15)27-18(21)14(24)6-7-22(21,25)19(20)23(11-20)9-12-2-3-12/h4-5,12,18-19,25H,2-3,6-11H2,1H3. The summed E-state index contributed by atoms with van der Waals surface area (Å²) >= 11 is 0. The van der Waals surface area contributed by atoms with Gasteiger partial charge in [0.2, 0.25) is 0 Å². The fourth-order valence-electron chi connectivity index (χ4n) is 7.80. The van der Waals surface area contributed by atoms with Crippen molar-refractivity contribution in [1.29, 1.82) is 0 Å². The summed E-state index contributed by atoms with van der Waals surface area (Å²) < 4.78 is 11.9. The van der Waals surface area contributed by atoms with Crippen molar-refractivity contribution >= 4 is 5.78 Å². The topological polar surface area (TPSA) is 59.0 Å². The lowest BCUT2D eigenvalue weighted by atomic mass is 9.57. The van der Waals surface area contributed by atoms with E-state index in [0.29, 0.717) is 18.6 Å². The van der Waals surface area contributed by atoms with Crippen LogP contribution in [0.4, 0.5) is 0 Å². The third-order valence-corrected chi connectivity index (χ3v) is 8.65. The van der Waals surface area contributed by atoms with Crippen molar-refractivity contribution in [2.75, 3.05) is 20.2 Å². The molecular formula is C22H25NO4. The summed E-state index contributed by atoms with van der Waals surface area (Å²) in [6.07, 6.45) is 4.95. The Bertz CT molecular complexity index is 910. The van der Waals surface area contributed by atoms with E-state index in [-0.39, 0.29) is 17.2 Å². The predicted octanol–water partition coefficient (Wildman–Crippen LogP) is 1.83. The first kappa shape index (κ1) is 15.3. The summed E-state index contributed by atoms with van der Waals surface area (Å²) in [4.78, 5) is 15.5. The van der Waals surface area contributed by atoms with E-state index >= 15 is 0 Å². The minimum absolute atomic E-state index is 0.0963. The number of carbonyl (C=O) groups excluding carboxylic acids is 1. The summed E-state index contributed by atoms with van der Waals surface area (Å²) in [5.41, 5.74) is 0.999. The van der Waals surface area contributed by atoms with E-state index in [9.17, 15) is 9.90 Å². The molecule has 5 atom stereocenters. The van der Waals surface area contributed by atoms with Crippen LogP contribution in [0.25, 0.3) is 0 Å². The molecule has 5 heteroatoms. The molecule has 4 aliphatic carbocycles. The number of ketones is 1. The lowest BCUT2D eigenvalue weighted by molar-refractivity contribution is -0.171. The van der Waals surface area contributed by atoms with Gasteiger partial charge in [-0.05, 0) is 49.7 Å². The number of nitrogens with zero attached hydrogens (tertiary/aromatic N) is 1. The molecule has 2 spiro atoms. The summed E-state index contributed by atoms with van der Waals surface area (Å²) in [6, 6.07) is 4.29. The molecule has 1 saturated heterocycles. The second kappa shape index (κ2) is 4.36. The van der Waals surface area contributed by atoms with Gasteiger partial charge in [0.1, 0.15) is 0 Å². The van der Waals surface area contributed by atoms with Crippen molar-refractivity contribution in [3.8, 4) is 11.5 Å². The highest BCUT2D eigenvalue weighted by molar-refractivity contribution is 5.90. The zero-order valence-corrected chi connectivity index (χ0v) is 15.7. The highest BCUT2D eigenvalue weighted by atomic mass is 16.5. The Morgan fingerprint density at radius 1 is 1.37 bits per heavy atom.